The predicted molar refractivity (Wildman–Crippen MR) is 67.3 cm³/mol. The van der Waals surface area contributed by atoms with Crippen LogP contribution < -0.4 is 4.90 Å². The number of hydrogen-bond donors (Lipinski definition) is 0. The number of aromatic nitrogens is 3. The van der Waals surface area contributed by atoms with Gasteiger partial charge in [0.25, 0.3) is 0 Å². The molecule has 0 amide bonds. The summed E-state index contributed by atoms with van der Waals surface area (Å²) >= 11 is 0. The summed E-state index contributed by atoms with van der Waals surface area (Å²) in [7, 11) is 0. The first-order valence-corrected chi connectivity index (χ1v) is 6.57. The van der Waals surface area contributed by atoms with Gasteiger partial charge in [-0.25, -0.2) is 4.68 Å². The third kappa shape index (κ3) is 3.00. The monoisotopic (exact) mass is 252 g/mol. The third-order valence-electron chi connectivity index (χ3n) is 2.92. The SMILES string of the molecule is CCCn1nncc1N(CC(=O)OCC)C1CC1. The van der Waals surface area contributed by atoms with Crippen molar-refractivity contribution in [3.63, 3.8) is 0 Å². The molecule has 0 bridgehead atoms. The lowest BCUT2D eigenvalue weighted by molar-refractivity contribution is -0.141. The number of hydrogen-bond acceptors (Lipinski definition) is 5. The minimum absolute atomic E-state index is 0.186. The first kappa shape index (κ1) is 12.9. The highest BCUT2D eigenvalue weighted by Crippen LogP contribution is 2.31. The van der Waals surface area contributed by atoms with Crippen molar-refractivity contribution in [1.29, 1.82) is 0 Å². The molecule has 1 fully saturated rings. The maximum absolute atomic E-state index is 11.6. The van der Waals surface area contributed by atoms with Crippen LogP contribution in [0.4, 0.5) is 5.82 Å². The van der Waals surface area contributed by atoms with Gasteiger partial charge in [-0.1, -0.05) is 12.1 Å². The third-order valence-corrected chi connectivity index (χ3v) is 2.92. The van der Waals surface area contributed by atoms with Crippen LogP contribution in [0.1, 0.15) is 33.1 Å². The Morgan fingerprint density at radius 2 is 2.33 bits per heavy atom. The molecule has 1 aromatic rings. The van der Waals surface area contributed by atoms with Gasteiger partial charge in [0.15, 0.2) is 0 Å². The van der Waals surface area contributed by atoms with Gasteiger partial charge in [-0.15, -0.1) is 5.10 Å². The summed E-state index contributed by atoms with van der Waals surface area (Å²) in [6, 6.07) is 0.434. The predicted octanol–water partition coefficient (Wildman–Crippen LogP) is 1.22. The fourth-order valence-electron chi connectivity index (χ4n) is 1.97. The van der Waals surface area contributed by atoms with E-state index in [1.165, 1.54) is 0 Å². The van der Waals surface area contributed by atoms with E-state index in [0.29, 0.717) is 12.6 Å². The van der Waals surface area contributed by atoms with Gasteiger partial charge in [0.2, 0.25) is 0 Å². The van der Waals surface area contributed by atoms with E-state index in [0.717, 1.165) is 31.6 Å². The number of aryl methyl sites for hydroxylation is 1. The number of nitrogens with zero attached hydrogens (tertiary/aromatic N) is 4. The average Bonchev–Trinajstić information content (AvgIpc) is 3.08. The summed E-state index contributed by atoms with van der Waals surface area (Å²) in [6.07, 6.45) is 4.97. The lowest BCUT2D eigenvalue weighted by atomic mass is 10.4. The van der Waals surface area contributed by atoms with Crippen LogP contribution in [-0.4, -0.2) is 40.2 Å². The zero-order valence-electron chi connectivity index (χ0n) is 11.0. The van der Waals surface area contributed by atoms with E-state index in [9.17, 15) is 4.79 Å². The van der Waals surface area contributed by atoms with E-state index in [2.05, 4.69) is 22.1 Å². The van der Waals surface area contributed by atoms with Crippen LogP contribution in [0.2, 0.25) is 0 Å². The first-order valence-electron chi connectivity index (χ1n) is 6.57. The molecular weight excluding hydrogens is 232 g/mol. The van der Waals surface area contributed by atoms with Crippen LogP contribution >= 0.6 is 0 Å². The van der Waals surface area contributed by atoms with Gasteiger partial charge < -0.3 is 9.64 Å². The molecule has 1 heterocycles. The highest BCUT2D eigenvalue weighted by molar-refractivity contribution is 5.75. The number of carbonyl (C=O) groups excluding carboxylic acids is 1. The second kappa shape index (κ2) is 5.84. The molecule has 1 aliphatic rings. The summed E-state index contributed by atoms with van der Waals surface area (Å²) in [5.41, 5.74) is 0. The zero-order valence-corrected chi connectivity index (χ0v) is 11.0. The molecule has 1 aliphatic carbocycles. The van der Waals surface area contributed by atoms with Crippen molar-refractivity contribution in [2.45, 2.75) is 45.7 Å². The van der Waals surface area contributed by atoms with Gasteiger partial charge in [0, 0.05) is 12.6 Å². The van der Waals surface area contributed by atoms with Crippen molar-refractivity contribution >= 4 is 11.8 Å². The minimum Gasteiger partial charge on any atom is -0.465 e. The molecule has 0 saturated heterocycles. The number of rotatable bonds is 7. The van der Waals surface area contributed by atoms with Crippen LogP contribution in [0.5, 0.6) is 0 Å². The molecular formula is C12H20N4O2. The molecule has 0 N–H and O–H groups in total. The summed E-state index contributed by atoms with van der Waals surface area (Å²) in [5, 5.41) is 8.01. The van der Waals surface area contributed by atoms with Crippen LogP contribution in [-0.2, 0) is 16.1 Å². The molecule has 1 aromatic heterocycles. The summed E-state index contributed by atoms with van der Waals surface area (Å²) in [5.74, 6) is 0.737. The molecule has 0 aromatic carbocycles. The lowest BCUT2D eigenvalue weighted by Gasteiger charge is -2.23. The highest BCUT2D eigenvalue weighted by Gasteiger charge is 2.32. The molecule has 0 radical (unpaired) electrons. The van der Waals surface area contributed by atoms with Crippen molar-refractivity contribution in [3.05, 3.63) is 6.20 Å². The molecule has 2 rings (SSSR count). The molecule has 6 heteroatoms. The molecule has 0 aliphatic heterocycles. The van der Waals surface area contributed by atoms with Crippen molar-refractivity contribution in [3.8, 4) is 0 Å². The van der Waals surface area contributed by atoms with Gasteiger partial charge in [-0.05, 0) is 26.2 Å². The van der Waals surface area contributed by atoms with Crippen molar-refractivity contribution in [2.24, 2.45) is 0 Å². The second-order valence-corrected chi connectivity index (χ2v) is 4.48. The molecule has 1 saturated carbocycles. The second-order valence-electron chi connectivity index (χ2n) is 4.48. The Balaban J connectivity index is 2.09. The fraction of sp³-hybridized carbons (Fsp3) is 0.750. The number of ether oxygens (including phenoxy) is 1. The largest absolute Gasteiger partial charge is 0.465 e. The van der Waals surface area contributed by atoms with E-state index in [1.807, 2.05) is 11.6 Å². The van der Waals surface area contributed by atoms with Crippen LogP contribution in [0, 0.1) is 0 Å². The molecule has 0 spiro atoms. The molecule has 6 nitrogen and oxygen atoms in total. The summed E-state index contributed by atoms with van der Waals surface area (Å²) < 4.78 is 6.88. The molecule has 18 heavy (non-hydrogen) atoms. The Morgan fingerprint density at radius 1 is 1.56 bits per heavy atom. The number of carbonyl (C=O) groups is 1. The topological polar surface area (TPSA) is 60.2 Å². The van der Waals surface area contributed by atoms with Crippen LogP contribution in [0.25, 0.3) is 0 Å². The Morgan fingerprint density at radius 3 is 2.94 bits per heavy atom. The van der Waals surface area contributed by atoms with Gasteiger partial charge in [0.05, 0.1) is 12.8 Å². The zero-order chi connectivity index (χ0) is 13.0. The van der Waals surface area contributed by atoms with Crippen LogP contribution in [0.3, 0.4) is 0 Å². The van der Waals surface area contributed by atoms with E-state index in [4.69, 9.17) is 4.74 Å². The number of esters is 1. The van der Waals surface area contributed by atoms with E-state index >= 15 is 0 Å². The maximum atomic E-state index is 11.6. The van der Waals surface area contributed by atoms with Crippen molar-refractivity contribution in [2.75, 3.05) is 18.1 Å². The van der Waals surface area contributed by atoms with E-state index < -0.39 is 0 Å². The number of anilines is 1. The van der Waals surface area contributed by atoms with Crippen molar-refractivity contribution < 1.29 is 9.53 Å². The fourth-order valence-corrected chi connectivity index (χ4v) is 1.97. The molecule has 0 atom stereocenters. The quantitative estimate of drug-likeness (QED) is 0.683. The standard InChI is InChI=1S/C12H20N4O2/c1-3-7-16-11(8-13-14-16)15(10-5-6-10)9-12(17)18-4-2/h8,10H,3-7,9H2,1-2H3. The maximum Gasteiger partial charge on any atom is 0.325 e. The summed E-state index contributed by atoms with van der Waals surface area (Å²) in [6.45, 7) is 5.45. The Bertz CT molecular complexity index is 401. The average molecular weight is 252 g/mol. The van der Waals surface area contributed by atoms with Crippen LogP contribution in [0.15, 0.2) is 6.20 Å². The van der Waals surface area contributed by atoms with E-state index in [-0.39, 0.29) is 12.5 Å². The van der Waals surface area contributed by atoms with Crippen molar-refractivity contribution in [1.82, 2.24) is 15.0 Å². The minimum atomic E-state index is -0.186. The summed E-state index contributed by atoms with van der Waals surface area (Å²) in [4.78, 5) is 13.7. The Kier molecular flexibility index (Phi) is 4.17. The molecule has 0 unspecified atom stereocenters. The van der Waals surface area contributed by atoms with E-state index in [1.54, 1.807) is 6.20 Å². The van der Waals surface area contributed by atoms with Gasteiger partial charge in [-0.2, -0.15) is 0 Å². The normalized spacial score (nSPS) is 14.6. The van der Waals surface area contributed by atoms with Gasteiger partial charge >= 0.3 is 5.97 Å². The molecule has 100 valence electrons. The van der Waals surface area contributed by atoms with Gasteiger partial charge in [0.1, 0.15) is 12.4 Å². The van der Waals surface area contributed by atoms with Gasteiger partial charge in [-0.3, -0.25) is 4.79 Å². The smallest absolute Gasteiger partial charge is 0.325 e. The highest BCUT2D eigenvalue weighted by atomic mass is 16.5. The Hall–Kier alpha value is -1.59. The lowest BCUT2D eigenvalue weighted by Crippen LogP contribution is -2.34. The first-order chi connectivity index (χ1) is 8.76. The Labute approximate surface area is 107 Å².